The molecule has 1 aromatic carbocycles. The van der Waals surface area contributed by atoms with Gasteiger partial charge in [-0.25, -0.2) is 13.4 Å². The number of anilines is 2. The van der Waals surface area contributed by atoms with E-state index in [9.17, 15) is 18.0 Å². The number of aryl methyl sites for hydroxylation is 2. The van der Waals surface area contributed by atoms with Crippen LogP contribution in [-0.2, 0) is 19.6 Å². The van der Waals surface area contributed by atoms with Crippen molar-refractivity contribution in [2.45, 2.75) is 31.8 Å². The molecule has 0 aliphatic carbocycles. The van der Waals surface area contributed by atoms with Gasteiger partial charge in [-0.05, 0) is 44.0 Å². The van der Waals surface area contributed by atoms with E-state index in [0.717, 1.165) is 9.87 Å². The second-order valence-electron chi connectivity index (χ2n) is 6.89. The zero-order chi connectivity index (χ0) is 21.3. The molecule has 154 valence electrons. The van der Waals surface area contributed by atoms with Crippen molar-refractivity contribution in [2.24, 2.45) is 0 Å². The van der Waals surface area contributed by atoms with E-state index in [1.54, 1.807) is 32.2 Å². The van der Waals surface area contributed by atoms with Gasteiger partial charge in [-0.1, -0.05) is 6.07 Å². The van der Waals surface area contributed by atoms with Gasteiger partial charge in [-0.2, -0.15) is 4.31 Å². The molecule has 0 radical (unpaired) electrons. The van der Waals surface area contributed by atoms with Crippen LogP contribution in [0.3, 0.4) is 0 Å². The molecule has 0 fully saturated rings. The van der Waals surface area contributed by atoms with Gasteiger partial charge in [0.05, 0.1) is 17.1 Å². The van der Waals surface area contributed by atoms with Crippen molar-refractivity contribution in [1.29, 1.82) is 0 Å². The van der Waals surface area contributed by atoms with Crippen molar-refractivity contribution in [3.63, 3.8) is 0 Å². The minimum absolute atomic E-state index is 0.00311. The normalized spacial score (nSPS) is 16.0. The number of nitrogens with one attached hydrogen (secondary N) is 2. The Hall–Kier alpha value is -2.98. The summed E-state index contributed by atoms with van der Waals surface area (Å²) < 4.78 is 32.5. The molecule has 2 amide bonds. The van der Waals surface area contributed by atoms with Crippen LogP contribution in [0.25, 0.3) is 0 Å². The highest BCUT2D eigenvalue weighted by molar-refractivity contribution is 7.89. The third-order valence-electron chi connectivity index (χ3n) is 4.44. The van der Waals surface area contributed by atoms with Gasteiger partial charge in [-0.3, -0.25) is 9.59 Å². The van der Waals surface area contributed by atoms with Crippen LogP contribution in [0.4, 0.5) is 11.5 Å². The number of carbonyl (C=O) groups is 2. The summed E-state index contributed by atoms with van der Waals surface area (Å²) in [6.07, 6.45) is 0.873. The first-order chi connectivity index (χ1) is 13.6. The molecular weight excluding hydrogens is 396 g/mol. The van der Waals surface area contributed by atoms with Crippen molar-refractivity contribution < 1.29 is 22.7 Å². The first-order valence-electron chi connectivity index (χ1n) is 8.89. The van der Waals surface area contributed by atoms with Crippen molar-refractivity contribution in [2.75, 3.05) is 24.2 Å². The average Bonchev–Trinajstić information content (AvgIpc) is 2.64. The van der Waals surface area contributed by atoms with Gasteiger partial charge in [-0.15, -0.1) is 0 Å². The number of rotatable bonds is 5. The molecule has 1 aliphatic rings. The summed E-state index contributed by atoms with van der Waals surface area (Å²) in [6.45, 7) is 4.67. The Kier molecular flexibility index (Phi) is 5.58. The van der Waals surface area contributed by atoms with E-state index >= 15 is 0 Å². The molecule has 10 heteroatoms. The number of hydrogen-bond donors (Lipinski definition) is 2. The number of pyridine rings is 1. The zero-order valence-electron chi connectivity index (χ0n) is 16.5. The Balaban J connectivity index is 1.79. The molecule has 0 spiro atoms. The predicted octanol–water partition coefficient (Wildman–Crippen LogP) is 1.68. The lowest BCUT2D eigenvalue weighted by Gasteiger charge is -2.25. The quantitative estimate of drug-likeness (QED) is 0.763. The molecule has 2 N–H and O–H groups in total. The van der Waals surface area contributed by atoms with Gasteiger partial charge < -0.3 is 15.4 Å². The van der Waals surface area contributed by atoms with Gasteiger partial charge in [0.2, 0.25) is 15.9 Å². The van der Waals surface area contributed by atoms with Crippen molar-refractivity contribution >= 4 is 33.3 Å². The molecule has 3 rings (SSSR count). The summed E-state index contributed by atoms with van der Waals surface area (Å²) in [7, 11) is -2.65. The topological polar surface area (TPSA) is 118 Å². The third-order valence-corrected chi connectivity index (χ3v) is 6.39. The maximum absolute atomic E-state index is 13.0. The number of aromatic nitrogens is 1. The number of carbonyl (C=O) groups excluding carboxylic acids is 2. The fourth-order valence-electron chi connectivity index (χ4n) is 2.80. The van der Waals surface area contributed by atoms with E-state index in [1.807, 2.05) is 6.92 Å². The maximum Gasteiger partial charge on any atom is 0.265 e. The van der Waals surface area contributed by atoms with E-state index in [-0.39, 0.29) is 23.1 Å². The standard InChI is InChI=1S/C19H22N4O5S/c1-11-5-6-17(20-9-11)22-18(24)10-23(4)29(26,27)16-8-15-14(7-12(16)2)21-19(25)13(3)28-15/h5-9,13H,10H2,1-4H3,(H,21,25)(H,20,22,24)/t13-/m0/s1. The molecule has 0 saturated carbocycles. The van der Waals surface area contributed by atoms with Gasteiger partial charge in [0.15, 0.2) is 6.10 Å². The molecule has 29 heavy (non-hydrogen) atoms. The number of fused-ring (bicyclic) bond motifs is 1. The number of amides is 2. The smallest absolute Gasteiger partial charge is 0.265 e. The minimum Gasteiger partial charge on any atom is -0.479 e. The molecule has 1 aliphatic heterocycles. The van der Waals surface area contributed by atoms with Crippen molar-refractivity contribution in [3.05, 3.63) is 41.6 Å². The van der Waals surface area contributed by atoms with Crippen molar-refractivity contribution in [3.8, 4) is 5.75 Å². The highest BCUT2D eigenvalue weighted by Gasteiger charge is 2.30. The molecule has 1 atom stereocenters. The van der Waals surface area contributed by atoms with E-state index in [2.05, 4.69) is 15.6 Å². The number of ether oxygens (including phenoxy) is 1. The number of likely N-dealkylation sites (N-methyl/N-ethyl adjacent to an activating group) is 1. The molecule has 0 saturated heterocycles. The summed E-state index contributed by atoms with van der Waals surface area (Å²) in [5, 5.41) is 5.25. The Morgan fingerprint density at radius 2 is 2.03 bits per heavy atom. The van der Waals surface area contributed by atoms with Crippen LogP contribution in [0.15, 0.2) is 35.4 Å². The zero-order valence-corrected chi connectivity index (χ0v) is 17.3. The fraction of sp³-hybridized carbons (Fsp3) is 0.316. The van der Waals surface area contributed by atoms with Crippen LogP contribution in [-0.4, -0.2) is 49.2 Å². The van der Waals surface area contributed by atoms with Gasteiger partial charge in [0, 0.05) is 19.3 Å². The van der Waals surface area contributed by atoms with Gasteiger partial charge in [0.25, 0.3) is 5.91 Å². The van der Waals surface area contributed by atoms with E-state index in [0.29, 0.717) is 17.1 Å². The van der Waals surface area contributed by atoms with Gasteiger partial charge in [0.1, 0.15) is 11.6 Å². The first kappa shape index (κ1) is 20.7. The summed E-state index contributed by atoms with van der Waals surface area (Å²) >= 11 is 0. The van der Waals surface area contributed by atoms with E-state index in [4.69, 9.17) is 4.74 Å². The lowest BCUT2D eigenvalue weighted by molar-refractivity contribution is -0.122. The van der Waals surface area contributed by atoms with Crippen LogP contribution >= 0.6 is 0 Å². The molecule has 0 unspecified atom stereocenters. The lowest BCUT2D eigenvalue weighted by Crippen LogP contribution is -2.36. The fourth-order valence-corrected chi connectivity index (χ4v) is 4.14. The third kappa shape index (κ3) is 4.38. The van der Waals surface area contributed by atoms with Crippen LogP contribution < -0.4 is 15.4 Å². The van der Waals surface area contributed by atoms with Crippen LogP contribution in [0, 0.1) is 13.8 Å². The number of benzene rings is 1. The highest BCUT2D eigenvalue weighted by Crippen LogP contribution is 2.35. The molecular formula is C19H22N4O5S. The number of sulfonamides is 1. The summed E-state index contributed by atoms with van der Waals surface area (Å²) in [4.78, 5) is 28.1. The van der Waals surface area contributed by atoms with Crippen LogP contribution in [0.2, 0.25) is 0 Å². The van der Waals surface area contributed by atoms with Crippen LogP contribution in [0.1, 0.15) is 18.1 Å². The van der Waals surface area contributed by atoms with Gasteiger partial charge >= 0.3 is 0 Å². The number of nitrogens with zero attached hydrogens (tertiary/aromatic N) is 2. The molecule has 9 nitrogen and oxygen atoms in total. The highest BCUT2D eigenvalue weighted by atomic mass is 32.2. The largest absolute Gasteiger partial charge is 0.479 e. The summed E-state index contributed by atoms with van der Waals surface area (Å²) in [5.74, 6) is -0.205. The minimum atomic E-state index is -3.97. The molecule has 2 heterocycles. The van der Waals surface area contributed by atoms with Crippen LogP contribution in [0.5, 0.6) is 5.75 Å². The Labute approximate surface area is 169 Å². The molecule has 1 aromatic heterocycles. The Morgan fingerprint density at radius 3 is 2.69 bits per heavy atom. The van der Waals surface area contributed by atoms with E-state index < -0.39 is 22.0 Å². The summed E-state index contributed by atoms with van der Waals surface area (Å²) in [5.41, 5.74) is 1.78. The summed E-state index contributed by atoms with van der Waals surface area (Å²) in [6, 6.07) is 6.34. The monoisotopic (exact) mass is 418 g/mol. The maximum atomic E-state index is 13.0. The van der Waals surface area contributed by atoms with E-state index in [1.165, 1.54) is 19.2 Å². The van der Waals surface area contributed by atoms with Crippen molar-refractivity contribution in [1.82, 2.24) is 9.29 Å². The second-order valence-corrected chi connectivity index (χ2v) is 8.91. The molecule has 0 bridgehead atoms. The number of hydrogen-bond acceptors (Lipinski definition) is 6. The first-order valence-corrected chi connectivity index (χ1v) is 10.3. The lowest BCUT2D eigenvalue weighted by atomic mass is 10.1. The predicted molar refractivity (Wildman–Crippen MR) is 107 cm³/mol. The Bertz CT molecular complexity index is 1070. The molecule has 2 aromatic rings. The average molecular weight is 418 g/mol. The SMILES string of the molecule is Cc1ccc(NC(=O)CN(C)S(=O)(=O)c2cc3c(cc2C)NC(=O)[C@H](C)O3)nc1. The Morgan fingerprint density at radius 1 is 1.31 bits per heavy atom. The second kappa shape index (κ2) is 7.80.